The Hall–Kier alpha value is -3.19. The molecular formula is C32H47N5O2. The van der Waals surface area contributed by atoms with E-state index in [4.69, 9.17) is 4.98 Å². The number of nitrogens with zero attached hydrogens (tertiary/aromatic N) is 3. The lowest BCUT2D eigenvalue weighted by Crippen LogP contribution is -2.34. The molecule has 0 saturated carbocycles. The van der Waals surface area contributed by atoms with E-state index in [1.54, 1.807) is 6.92 Å². The number of Topliss-reactive ketones (excluding diaryl/α,β-unsaturated/α-hetero) is 1. The number of amides is 1. The molecule has 0 radical (unpaired) electrons. The van der Waals surface area contributed by atoms with Gasteiger partial charge in [0, 0.05) is 36.4 Å². The summed E-state index contributed by atoms with van der Waals surface area (Å²) in [6.45, 7) is 16.8. The van der Waals surface area contributed by atoms with Crippen molar-refractivity contribution in [2.75, 3.05) is 31.5 Å². The molecule has 1 amide bonds. The zero-order valence-electron chi connectivity index (χ0n) is 24.7. The molecule has 1 aromatic heterocycles. The highest BCUT2D eigenvalue weighted by atomic mass is 16.2. The number of aromatic nitrogens is 2. The number of benzene rings is 2. The molecule has 1 heterocycles. The normalized spacial score (nSPS) is 11.5. The second-order valence-corrected chi connectivity index (χ2v) is 11.3. The fourth-order valence-electron chi connectivity index (χ4n) is 4.48. The lowest BCUT2D eigenvalue weighted by molar-refractivity contribution is 0.0740. The summed E-state index contributed by atoms with van der Waals surface area (Å²) in [5, 5.41) is 6.92. The summed E-state index contributed by atoms with van der Waals surface area (Å²) in [6.07, 6.45) is 4.03. The summed E-state index contributed by atoms with van der Waals surface area (Å²) < 4.78 is 2.17. The van der Waals surface area contributed by atoms with Gasteiger partial charge in [-0.05, 0) is 100.0 Å². The van der Waals surface area contributed by atoms with Gasteiger partial charge in [-0.25, -0.2) is 4.98 Å². The molecule has 0 aliphatic heterocycles. The molecular weight excluding hydrogens is 486 g/mol. The largest absolute Gasteiger partial charge is 0.339 e. The molecule has 39 heavy (non-hydrogen) atoms. The van der Waals surface area contributed by atoms with Gasteiger partial charge in [-0.3, -0.25) is 9.59 Å². The highest BCUT2D eigenvalue weighted by molar-refractivity contribution is 5.98. The minimum absolute atomic E-state index is 0.0430. The topological polar surface area (TPSA) is 79.3 Å². The maximum absolute atomic E-state index is 13.7. The highest BCUT2D eigenvalue weighted by Crippen LogP contribution is 2.25. The van der Waals surface area contributed by atoms with E-state index in [9.17, 15) is 9.59 Å². The van der Waals surface area contributed by atoms with Crippen molar-refractivity contribution in [1.29, 1.82) is 0 Å². The van der Waals surface area contributed by atoms with Gasteiger partial charge in [0.1, 0.15) is 0 Å². The van der Waals surface area contributed by atoms with Gasteiger partial charge in [-0.1, -0.05) is 34.6 Å². The molecule has 3 aromatic rings. The monoisotopic (exact) mass is 533 g/mol. The average molecular weight is 534 g/mol. The van der Waals surface area contributed by atoms with Crippen LogP contribution >= 0.6 is 0 Å². The summed E-state index contributed by atoms with van der Waals surface area (Å²) in [5.41, 5.74) is 4.06. The number of aryl methyl sites for hydroxylation is 1. The van der Waals surface area contributed by atoms with Crippen LogP contribution in [0.5, 0.6) is 0 Å². The molecule has 2 aromatic carbocycles. The third-order valence-electron chi connectivity index (χ3n) is 6.94. The Morgan fingerprint density at radius 2 is 1.56 bits per heavy atom. The number of hydrogen-bond acceptors (Lipinski definition) is 5. The van der Waals surface area contributed by atoms with E-state index in [0.717, 1.165) is 81.1 Å². The van der Waals surface area contributed by atoms with Gasteiger partial charge in [-0.15, -0.1) is 0 Å². The van der Waals surface area contributed by atoms with Crippen LogP contribution in [0.4, 0.5) is 11.6 Å². The van der Waals surface area contributed by atoms with E-state index in [0.29, 0.717) is 23.0 Å². The molecule has 0 unspecified atom stereocenters. The molecule has 2 N–H and O–H groups in total. The maximum Gasteiger partial charge on any atom is 0.253 e. The fraction of sp³-hybridized carbons (Fsp3) is 0.531. The highest BCUT2D eigenvalue weighted by Gasteiger charge is 2.19. The van der Waals surface area contributed by atoms with Crippen LogP contribution in [0.15, 0.2) is 42.5 Å². The molecule has 0 aliphatic rings. The first-order valence-corrected chi connectivity index (χ1v) is 14.6. The molecule has 0 bridgehead atoms. The van der Waals surface area contributed by atoms with Crippen LogP contribution in [0.1, 0.15) is 87.9 Å². The van der Waals surface area contributed by atoms with Crippen LogP contribution in [0.3, 0.4) is 0 Å². The minimum Gasteiger partial charge on any atom is -0.339 e. The lowest BCUT2D eigenvalue weighted by Gasteiger charge is -2.24. The zero-order valence-corrected chi connectivity index (χ0v) is 24.7. The smallest absolute Gasteiger partial charge is 0.253 e. The molecule has 0 atom stereocenters. The summed E-state index contributed by atoms with van der Waals surface area (Å²) in [5.74, 6) is 1.95. The van der Waals surface area contributed by atoms with Gasteiger partial charge >= 0.3 is 0 Å². The first-order valence-electron chi connectivity index (χ1n) is 14.6. The van der Waals surface area contributed by atoms with E-state index in [-0.39, 0.29) is 11.7 Å². The number of rotatable bonds is 16. The van der Waals surface area contributed by atoms with Gasteiger partial charge in [0.2, 0.25) is 5.95 Å². The third-order valence-corrected chi connectivity index (χ3v) is 6.94. The maximum atomic E-state index is 13.7. The number of carbonyl (C=O) groups excluding carboxylic acids is 2. The summed E-state index contributed by atoms with van der Waals surface area (Å²) in [6, 6.07) is 13.3. The molecule has 0 spiro atoms. The van der Waals surface area contributed by atoms with Gasteiger partial charge < -0.3 is 20.1 Å². The number of nitrogens with one attached hydrogen (secondary N) is 2. The summed E-state index contributed by atoms with van der Waals surface area (Å²) in [7, 11) is 0. The van der Waals surface area contributed by atoms with Crippen LogP contribution in [0.2, 0.25) is 0 Å². The van der Waals surface area contributed by atoms with Crippen molar-refractivity contribution in [3.05, 3.63) is 53.6 Å². The van der Waals surface area contributed by atoms with E-state index in [1.807, 2.05) is 47.4 Å². The first kappa shape index (κ1) is 30.4. The SMILES string of the molecule is CCCNCCCn1c(Nc2ccc(C(C)=O)cc2)nc2ccc(C(=O)N(CCC(C)C)CCC(C)C)cc21. The molecule has 0 fully saturated rings. The molecule has 7 heteroatoms. The minimum atomic E-state index is 0.0430. The Bertz CT molecular complexity index is 1200. The Morgan fingerprint density at radius 3 is 2.15 bits per heavy atom. The van der Waals surface area contributed by atoms with E-state index in [2.05, 4.69) is 49.8 Å². The van der Waals surface area contributed by atoms with Crippen LogP contribution in [0.25, 0.3) is 11.0 Å². The second kappa shape index (κ2) is 14.8. The van der Waals surface area contributed by atoms with Crippen molar-refractivity contribution >= 4 is 34.4 Å². The van der Waals surface area contributed by atoms with Crippen molar-refractivity contribution in [3.63, 3.8) is 0 Å². The van der Waals surface area contributed by atoms with E-state index >= 15 is 0 Å². The summed E-state index contributed by atoms with van der Waals surface area (Å²) in [4.78, 5) is 32.3. The van der Waals surface area contributed by atoms with Gasteiger partial charge in [0.15, 0.2) is 5.78 Å². The Morgan fingerprint density at radius 1 is 0.923 bits per heavy atom. The van der Waals surface area contributed by atoms with E-state index < -0.39 is 0 Å². The Balaban J connectivity index is 1.92. The number of imidazole rings is 1. The molecule has 212 valence electrons. The van der Waals surface area contributed by atoms with Crippen LogP contribution < -0.4 is 10.6 Å². The van der Waals surface area contributed by atoms with Gasteiger partial charge in [-0.2, -0.15) is 0 Å². The van der Waals surface area contributed by atoms with Gasteiger partial charge in [0.05, 0.1) is 11.0 Å². The van der Waals surface area contributed by atoms with Crippen molar-refractivity contribution in [2.45, 2.75) is 73.8 Å². The number of fused-ring (bicyclic) bond motifs is 1. The molecule has 7 nitrogen and oxygen atoms in total. The second-order valence-electron chi connectivity index (χ2n) is 11.3. The molecule has 0 saturated heterocycles. The van der Waals surface area contributed by atoms with Crippen LogP contribution in [0, 0.1) is 11.8 Å². The Kier molecular flexibility index (Phi) is 11.5. The average Bonchev–Trinajstić information content (AvgIpc) is 3.24. The van der Waals surface area contributed by atoms with Crippen molar-refractivity contribution in [3.8, 4) is 0 Å². The fourth-order valence-corrected chi connectivity index (χ4v) is 4.48. The van der Waals surface area contributed by atoms with Crippen LogP contribution in [-0.2, 0) is 6.54 Å². The third kappa shape index (κ3) is 8.92. The summed E-state index contributed by atoms with van der Waals surface area (Å²) >= 11 is 0. The van der Waals surface area contributed by atoms with Crippen molar-refractivity contribution in [1.82, 2.24) is 19.8 Å². The number of anilines is 2. The predicted molar refractivity (Wildman–Crippen MR) is 162 cm³/mol. The molecule has 0 aliphatic carbocycles. The zero-order chi connectivity index (χ0) is 28.4. The van der Waals surface area contributed by atoms with E-state index in [1.165, 1.54) is 0 Å². The van der Waals surface area contributed by atoms with Gasteiger partial charge in [0.25, 0.3) is 5.91 Å². The quantitative estimate of drug-likeness (QED) is 0.155. The number of carbonyl (C=O) groups is 2. The molecule has 3 rings (SSSR count). The number of ketones is 1. The van der Waals surface area contributed by atoms with Crippen molar-refractivity contribution in [2.24, 2.45) is 11.8 Å². The number of hydrogen-bond donors (Lipinski definition) is 2. The standard InChI is InChI=1S/C32H47N5O2/c1-7-17-33-18-8-19-37-30-22-27(31(39)36(20-15-23(2)3)21-16-24(4)5)11-14-29(30)35-32(37)34-28-12-9-26(10-13-28)25(6)38/h9-14,22-24,33H,7-8,15-21H2,1-6H3,(H,34,35). The first-order chi connectivity index (χ1) is 18.7. The van der Waals surface area contributed by atoms with Crippen LogP contribution in [-0.4, -0.2) is 52.3 Å². The van der Waals surface area contributed by atoms with Crippen molar-refractivity contribution < 1.29 is 9.59 Å². The predicted octanol–water partition coefficient (Wildman–Crippen LogP) is 6.91. The Labute approximate surface area is 234 Å². The lowest BCUT2D eigenvalue weighted by atomic mass is 10.1.